The number of aromatic nitrogens is 1. The van der Waals surface area contributed by atoms with Gasteiger partial charge in [0, 0.05) is 24.2 Å². The van der Waals surface area contributed by atoms with E-state index in [1.165, 1.54) is 6.42 Å². The molecule has 2 aliphatic rings. The van der Waals surface area contributed by atoms with Crippen molar-refractivity contribution in [2.45, 2.75) is 89.8 Å². The Bertz CT molecular complexity index is 1220. The fourth-order valence-corrected chi connectivity index (χ4v) is 6.63. The van der Waals surface area contributed by atoms with Crippen molar-refractivity contribution in [3.8, 4) is 0 Å². The summed E-state index contributed by atoms with van der Waals surface area (Å²) in [5.41, 5.74) is 6.86. The van der Waals surface area contributed by atoms with Gasteiger partial charge in [0.1, 0.15) is 11.9 Å². The van der Waals surface area contributed by atoms with Gasteiger partial charge in [-0.15, -0.1) is 0 Å². The Balaban J connectivity index is 1.46. The largest absolute Gasteiger partial charge is 0.383 e. The van der Waals surface area contributed by atoms with E-state index in [9.17, 15) is 18.0 Å². The smallest absolute Gasteiger partial charge is 0.241 e. The first-order valence-electron chi connectivity index (χ1n) is 14.0. The minimum atomic E-state index is -3.58. The number of nitrogens with two attached hydrogens (primary N) is 1. The number of sulfonamides is 1. The Morgan fingerprint density at radius 1 is 1.08 bits per heavy atom. The first-order chi connectivity index (χ1) is 18.3. The zero-order valence-electron chi connectivity index (χ0n) is 22.3. The molecular weight excluding hydrogens is 502 g/mol. The highest BCUT2D eigenvalue weighted by atomic mass is 32.2. The van der Waals surface area contributed by atoms with E-state index >= 15 is 0 Å². The molecule has 208 valence electrons. The van der Waals surface area contributed by atoms with Crippen molar-refractivity contribution in [3.05, 3.63) is 36.0 Å². The van der Waals surface area contributed by atoms with Gasteiger partial charge < -0.3 is 16.0 Å². The van der Waals surface area contributed by atoms with Gasteiger partial charge in [-0.1, -0.05) is 57.1 Å². The van der Waals surface area contributed by atoms with E-state index < -0.39 is 16.1 Å². The number of pyridine rings is 1. The summed E-state index contributed by atoms with van der Waals surface area (Å²) in [6.07, 6.45) is 11.2. The van der Waals surface area contributed by atoms with Crippen LogP contribution in [0.4, 0.5) is 5.82 Å². The summed E-state index contributed by atoms with van der Waals surface area (Å²) in [6.45, 7) is 1.81. The molecule has 1 aromatic carbocycles. The molecule has 2 fully saturated rings. The second kappa shape index (κ2) is 12.9. The minimum absolute atomic E-state index is 0.0515. The molecule has 2 aliphatic carbocycles. The van der Waals surface area contributed by atoms with Crippen molar-refractivity contribution in [1.29, 1.82) is 0 Å². The van der Waals surface area contributed by atoms with E-state index in [4.69, 9.17) is 5.73 Å². The number of nitrogens with zero attached hydrogens (tertiary/aromatic N) is 2. The zero-order chi connectivity index (χ0) is 27.1. The van der Waals surface area contributed by atoms with Crippen LogP contribution in [-0.4, -0.2) is 54.5 Å². The molecule has 1 atom stereocenters. The van der Waals surface area contributed by atoms with Gasteiger partial charge in [0.25, 0.3) is 0 Å². The highest BCUT2D eigenvalue weighted by Crippen LogP contribution is 2.30. The van der Waals surface area contributed by atoms with Gasteiger partial charge in [-0.25, -0.2) is 18.1 Å². The minimum Gasteiger partial charge on any atom is -0.383 e. The lowest BCUT2D eigenvalue weighted by atomic mass is 9.84. The number of nitrogen functional groups attached to an aromatic ring is 1. The zero-order valence-corrected chi connectivity index (χ0v) is 23.1. The van der Waals surface area contributed by atoms with Gasteiger partial charge >= 0.3 is 0 Å². The number of nitrogens with one attached hydrogen (secondary N) is 2. The third-order valence-electron chi connectivity index (χ3n) is 8.01. The third-order valence-corrected chi connectivity index (χ3v) is 9.41. The number of rotatable bonds is 11. The van der Waals surface area contributed by atoms with Gasteiger partial charge in [0.2, 0.25) is 21.8 Å². The number of hydrogen-bond acceptors (Lipinski definition) is 6. The van der Waals surface area contributed by atoms with Crippen molar-refractivity contribution in [2.24, 2.45) is 5.92 Å². The third kappa shape index (κ3) is 7.44. The molecule has 0 aliphatic heterocycles. The van der Waals surface area contributed by atoms with Crippen LogP contribution in [0.5, 0.6) is 0 Å². The molecule has 1 heterocycles. The number of anilines is 1. The Labute approximate surface area is 226 Å². The summed E-state index contributed by atoms with van der Waals surface area (Å²) in [4.78, 5) is 32.7. The molecule has 2 amide bonds. The van der Waals surface area contributed by atoms with E-state index in [1.807, 2.05) is 24.3 Å². The van der Waals surface area contributed by atoms with Crippen LogP contribution >= 0.6 is 0 Å². The quantitative estimate of drug-likeness (QED) is 0.397. The van der Waals surface area contributed by atoms with Crippen molar-refractivity contribution >= 4 is 38.4 Å². The van der Waals surface area contributed by atoms with Gasteiger partial charge in [-0.05, 0) is 55.2 Å². The maximum Gasteiger partial charge on any atom is 0.241 e. The van der Waals surface area contributed by atoms with Gasteiger partial charge in [-0.3, -0.25) is 9.59 Å². The average Bonchev–Trinajstić information content (AvgIpc) is 3.45. The predicted molar refractivity (Wildman–Crippen MR) is 150 cm³/mol. The van der Waals surface area contributed by atoms with Gasteiger partial charge in [-0.2, -0.15) is 0 Å². The lowest BCUT2D eigenvalue weighted by Crippen LogP contribution is -2.54. The SMILES string of the molecule is CCS(=O)(=O)NC(CC1CCCCC1)C(=O)N(CC(=O)NCc1ccc2c(N)nccc2c1)C1CCCC1. The number of benzene rings is 1. The molecule has 0 spiro atoms. The number of fused-ring (bicyclic) bond motifs is 1. The molecule has 38 heavy (non-hydrogen) atoms. The van der Waals surface area contributed by atoms with Gasteiger partial charge in [0.15, 0.2) is 0 Å². The van der Waals surface area contributed by atoms with Crippen LogP contribution in [-0.2, 0) is 26.2 Å². The van der Waals surface area contributed by atoms with Crippen LogP contribution in [0.3, 0.4) is 0 Å². The highest BCUT2D eigenvalue weighted by Gasteiger charge is 2.35. The molecule has 0 bridgehead atoms. The summed E-state index contributed by atoms with van der Waals surface area (Å²) < 4.78 is 27.7. The van der Waals surface area contributed by atoms with Gasteiger partial charge in [0.05, 0.1) is 12.3 Å². The van der Waals surface area contributed by atoms with Crippen LogP contribution in [0.2, 0.25) is 0 Å². The molecule has 4 rings (SSSR count). The van der Waals surface area contributed by atoms with E-state index in [2.05, 4.69) is 15.0 Å². The molecule has 4 N–H and O–H groups in total. The molecular formula is C28H41N5O4S. The highest BCUT2D eigenvalue weighted by molar-refractivity contribution is 7.89. The molecule has 10 heteroatoms. The van der Waals surface area contributed by atoms with Crippen LogP contribution in [0.25, 0.3) is 10.8 Å². The van der Waals surface area contributed by atoms with E-state index in [0.29, 0.717) is 24.7 Å². The molecule has 0 saturated heterocycles. The maximum atomic E-state index is 13.9. The maximum absolute atomic E-state index is 13.9. The Hall–Kier alpha value is -2.72. The molecule has 1 aromatic heterocycles. The van der Waals surface area contributed by atoms with Crippen molar-refractivity contribution < 1.29 is 18.0 Å². The second-order valence-electron chi connectivity index (χ2n) is 10.7. The molecule has 0 radical (unpaired) electrons. The van der Waals surface area contributed by atoms with E-state index in [-0.39, 0.29) is 30.2 Å². The fourth-order valence-electron chi connectivity index (χ4n) is 5.83. The second-order valence-corrected chi connectivity index (χ2v) is 12.8. The standard InChI is InChI=1S/C28H41N5O4S/c1-2-38(36,37)32-25(17-20-8-4-3-5-9-20)28(35)33(23-10-6-7-11-23)19-26(34)31-18-21-12-13-24-22(16-21)14-15-30-27(24)29/h12-16,20,23,25,32H,2-11,17-19H2,1H3,(H2,29,30)(H,31,34). The molecule has 2 saturated carbocycles. The van der Waals surface area contributed by atoms with Crippen molar-refractivity contribution in [1.82, 2.24) is 19.9 Å². The first-order valence-corrected chi connectivity index (χ1v) is 15.6. The van der Waals surface area contributed by atoms with Crippen molar-refractivity contribution in [3.63, 3.8) is 0 Å². The normalized spacial score (nSPS) is 17.9. The lowest BCUT2D eigenvalue weighted by molar-refractivity contribution is -0.140. The predicted octanol–water partition coefficient (Wildman–Crippen LogP) is 3.48. The molecule has 1 unspecified atom stereocenters. The summed E-state index contributed by atoms with van der Waals surface area (Å²) in [6, 6.07) is 6.75. The number of amides is 2. The number of carbonyl (C=O) groups is 2. The summed E-state index contributed by atoms with van der Waals surface area (Å²) in [7, 11) is -3.58. The van der Waals surface area contributed by atoms with Crippen molar-refractivity contribution in [2.75, 3.05) is 18.0 Å². The summed E-state index contributed by atoms with van der Waals surface area (Å²) in [5, 5.41) is 4.75. The van der Waals surface area contributed by atoms with Crippen LogP contribution in [0.15, 0.2) is 30.5 Å². The molecule has 2 aromatic rings. The molecule has 9 nitrogen and oxygen atoms in total. The summed E-state index contributed by atoms with van der Waals surface area (Å²) >= 11 is 0. The van der Waals surface area contributed by atoms with E-state index in [1.54, 1.807) is 18.0 Å². The Kier molecular flexibility index (Phi) is 9.59. The fraction of sp³-hybridized carbons (Fsp3) is 0.607. The number of hydrogen-bond donors (Lipinski definition) is 3. The Morgan fingerprint density at radius 2 is 1.79 bits per heavy atom. The summed E-state index contributed by atoms with van der Waals surface area (Å²) in [5.74, 6) is 0.162. The average molecular weight is 544 g/mol. The monoisotopic (exact) mass is 543 g/mol. The topological polar surface area (TPSA) is 134 Å². The number of carbonyl (C=O) groups excluding carboxylic acids is 2. The first kappa shape index (κ1) is 28.3. The van der Waals surface area contributed by atoms with Crippen LogP contribution in [0, 0.1) is 5.92 Å². The van der Waals surface area contributed by atoms with E-state index in [0.717, 1.165) is 67.7 Å². The van der Waals surface area contributed by atoms with Crippen LogP contribution in [0.1, 0.15) is 76.7 Å². The lowest BCUT2D eigenvalue weighted by Gasteiger charge is -2.34. The van der Waals surface area contributed by atoms with Crippen LogP contribution < -0.4 is 15.8 Å². The Morgan fingerprint density at radius 3 is 2.50 bits per heavy atom.